The van der Waals surface area contributed by atoms with E-state index >= 15 is 0 Å². The van der Waals surface area contributed by atoms with Gasteiger partial charge in [0, 0.05) is 18.3 Å². The maximum absolute atomic E-state index is 12.3. The van der Waals surface area contributed by atoms with Crippen LogP contribution in [0.3, 0.4) is 0 Å². The van der Waals surface area contributed by atoms with Crippen LogP contribution >= 0.6 is 0 Å². The van der Waals surface area contributed by atoms with Gasteiger partial charge >= 0.3 is 6.18 Å². The highest BCUT2D eigenvalue weighted by Crippen LogP contribution is 2.29. The zero-order valence-electron chi connectivity index (χ0n) is 9.67. The second-order valence-electron chi connectivity index (χ2n) is 4.41. The van der Waals surface area contributed by atoms with Crippen LogP contribution in [-0.4, -0.2) is 22.2 Å². The summed E-state index contributed by atoms with van der Waals surface area (Å²) in [6.45, 7) is 3.67. The maximum atomic E-state index is 12.3. The summed E-state index contributed by atoms with van der Waals surface area (Å²) >= 11 is 0. The molecule has 1 rings (SSSR count). The molecule has 0 aliphatic heterocycles. The van der Waals surface area contributed by atoms with Gasteiger partial charge in [0.15, 0.2) is 0 Å². The van der Waals surface area contributed by atoms with Gasteiger partial charge in [-0.2, -0.15) is 13.2 Å². The minimum atomic E-state index is -4.37. The van der Waals surface area contributed by atoms with Gasteiger partial charge in [-0.1, -0.05) is 0 Å². The lowest BCUT2D eigenvalue weighted by molar-refractivity contribution is -0.137. The van der Waals surface area contributed by atoms with Crippen molar-refractivity contribution in [2.24, 2.45) is 0 Å². The Kier molecular flexibility index (Phi) is 3.98. The van der Waals surface area contributed by atoms with Crippen molar-refractivity contribution in [3.8, 4) is 0 Å². The van der Waals surface area contributed by atoms with E-state index in [0.29, 0.717) is 12.2 Å². The molecule has 0 radical (unpaired) electrons. The third-order valence-corrected chi connectivity index (χ3v) is 2.29. The topological polar surface area (TPSA) is 45.1 Å². The predicted molar refractivity (Wildman–Crippen MR) is 58.6 cm³/mol. The molecular formula is C11H15F3N2O. The third-order valence-electron chi connectivity index (χ3n) is 2.29. The standard InChI is InChI=1S/C11H15F3N2O/c1-10(2,5-6-17)16-9-4-3-8(7-15-9)11(12,13)14/h3-4,7,17H,5-6H2,1-2H3,(H,15,16). The van der Waals surface area contributed by atoms with Gasteiger partial charge in [0.2, 0.25) is 0 Å². The number of nitrogens with one attached hydrogen (secondary N) is 1. The van der Waals surface area contributed by atoms with Crippen molar-refractivity contribution < 1.29 is 18.3 Å². The second-order valence-corrected chi connectivity index (χ2v) is 4.41. The summed E-state index contributed by atoms with van der Waals surface area (Å²) in [6, 6.07) is 2.26. The highest BCUT2D eigenvalue weighted by molar-refractivity contribution is 5.38. The van der Waals surface area contributed by atoms with E-state index in [9.17, 15) is 13.2 Å². The Balaban J connectivity index is 2.75. The number of hydrogen-bond acceptors (Lipinski definition) is 3. The molecule has 0 fully saturated rings. The minimum Gasteiger partial charge on any atom is -0.396 e. The number of aliphatic hydroxyl groups is 1. The molecule has 0 aliphatic carbocycles. The molecule has 0 spiro atoms. The molecule has 0 saturated carbocycles. The molecule has 3 nitrogen and oxygen atoms in total. The fraction of sp³-hybridized carbons (Fsp3) is 0.545. The summed E-state index contributed by atoms with van der Waals surface area (Å²) in [5, 5.41) is 11.8. The van der Waals surface area contributed by atoms with Crippen LogP contribution in [0.1, 0.15) is 25.8 Å². The largest absolute Gasteiger partial charge is 0.417 e. The van der Waals surface area contributed by atoms with Gasteiger partial charge in [0.25, 0.3) is 0 Å². The summed E-state index contributed by atoms with van der Waals surface area (Å²) in [5.74, 6) is 0.358. The number of rotatable bonds is 4. The van der Waals surface area contributed by atoms with E-state index in [1.165, 1.54) is 6.07 Å². The molecule has 0 aliphatic rings. The lowest BCUT2D eigenvalue weighted by Crippen LogP contribution is -2.32. The lowest BCUT2D eigenvalue weighted by Gasteiger charge is -2.26. The molecule has 0 aromatic carbocycles. The average Bonchev–Trinajstić information content (AvgIpc) is 2.16. The Labute approximate surface area is 97.7 Å². The number of halogens is 3. The van der Waals surface area contributed by atoms with Crippen LogP contribution in [0.4, 0.5) is 19.0 Å². The third kappa shape index (κ3) is 4.22. The van der Waals surface area contributed by atoms with E-state index in [2.05, 4.69) is 10.3 Å². The summed E-state index contributed by atoms with van der Waals surface area (Å²) < 4.78 is 36.9. The van der Waals surface area contributed by atoms with Crippen LogP contribution in [0.5, 0.6) is 0 Å². The first-order valence-electron chi connectivity index (χ1n) is 5.17. The Hall–Kier alpha value is -1.30. The molecule has 96 valence electrons. The molecule has 0 saturated heterocycles. The van der Waals surface area contributed by atoms with E-state index < -0.39 is 17.3 Å². The Bertz CT molecular complexity index is 360. The first-order valence-corrected chi connectivity index (χ1v) is 5.17. The zero-order valence-corrected chi connectivity index (χ0v) is 9.67. The number of alkyl halides is 3. The zero-order chi connectivity index (χ0) is 13.1. The molecule has 1 heterocycles. The molecular weight excluding hydrogens is 233 g/mol. The van der Waals surface area contributed by atoms with Gasteiger partial charge in [0.05, 0.1) is 5.56 Å². The average molecular weight is 248 g/mol. The van der Waals surface area contributed by atoms with Crippen LogP contribution in [0.15, 0.2) is 18.3 Å². The van der Waals surface area contributed by atoms with Crippen molar-refractivity contribution in [1.82, 2.24) is 4.98 Å². The van der Waals surface area contributed by atoms with Crippen molar-refractivity contribution in [2.75, 3.05) is 11.9 Å². The first-order chi connectivity index (χ1) is 7.74. The first kappa shape index (κ1) is 13.8. The molecule has 6 heteroatoms. The Morgan fingerprint density at radius 3 is 2.35 bits per heavy atom. The second kappa shape index (κ2) is 4.91. The number of hydrogen-bond donors (Lipinski definition) is 2. The van der Waals surface area contributed by atoms with E-state index in [4.69, 9.17) is 5.11 Å². The summed E-state index contributed by atoms with van der Waals surface area (Å²) in [7, 11) is 0. The van der Waals surface area contributed by atoms with Crippen LogP contribution in [0.25, 0.3) is 0 Å². The van der Waals surface area contributed by atoms with E-state index in [-0.39, 0.29) is 6.61 Å². The van der Waals surface area contributed by atoms with Gasteiger partial charge in [-0.3, -0.25) is 0 Å². The monoisotopic (exact) mass is 248 g/mol. The van der Waals surface area contributed by atoms with E-state index in [1.54, 1.807) is 0 Å². The lowest BCUT2D eigenvalue weighted by atomic mass is 10.0. The number of aliphatic hydroxyl groups excluding tert-OH is 1. The summed E-state index contributed by atoms with van der Waals surface area (Å²) in [5.41, 5.74) is -1.19. The van der Waals surface area contributed by atoms with Crippen LogP contribution < -0.4 is 5.32 Å². The minimum absolute atomic E-state index is 0.000630. The molecule has 1 aromatic heterocycles. The maximum Gasteiger partial charge on any atom is 0.417 e. The van der Waals surface area contributed by atoms with Crippen LogP contribution in [-0.2, 0) is 6.18 Å². The number of aromatic nitrogens is 1. The van der Waals surface area contributed by atoms with Crippen molar-refractivity contribution in [3.63, 3.8) is 0 Å². The normalized spacial score (nSPS) is 12.6. The molecule has 0 atom stereocenters. The van der Waals surface area contributed by atoms with Gasteiger partial charge in [-0.15, -0.1) is 0 Å². The van der Waals surface area contributed by atoms with Crippen molar-refractivity contribution >= 4 is 5.82 Å². The SMILES string of the molecule is CC(C)(CCO)Nc1ccc(C(F)(F)F)cn1. The van der Waals surface area contributed by atoms with Crippen molar-refractivity contribution in [2.45, 2.75) is 32.0 Å². The van der Waals surface area contributed by atoms with Gasteiger partial charge in [0.1, 0.15) is 5.82 Å². The van der Waals surface area contributed by atoms with Gasteiger partial charge in [-0.25, -0.2) is 4.98 Å². The molecule has 0 unspecified atom stereocenters. The Morgan fingerprint density at radius 1 is 1.29 bits per heavy atom. The fourth-order valence-electron chi connectivity index (χ4n) is 1.32. The van der Waals surface area contributed by atoms with Crippen molar-refractivity contribution in [3.05, 3.63) is 23.9 Å². The van der Waals surface area contributed by atoms with Crippen LogP contribution in [0.2, 0.25) is 0 Å². The molecule has 2 N–H and O–H groups in total. The van der Waals surface area contributed by atoms with Gasteiger partial charge in [-0.05, 0) is 32.4 Å². The molecule has 0 bridgehead atoms. The fourth-order valence-corrected chi connectivity index (χ4v) is 1.32. The summed E-state index contributed by atoms with van der Waals surface area (Å²) in [4.78, 5) is 3.70. The number of anilines is 1. The number of pyridine rings is 1. The van der Waals surface area contributed by atoms with Gasteiger partial charge < -0.3 is 10.4 Å². The highest BCUT2D eigenvalue weighted by atomic mass is 19.4. The molecule has 1 aromatic rings. The number of nitrogens with zero attached hydrogens (tertiary/aromatic N) is 1. The van der Waals surface area contributed by atoms with E-state index in [1.807, 2.05) is 13.8 Å². The van der Waals surface area contributed by atoms with E-state index in [0.717, 1.165) is 12.3 Å². The highest BCUT2D eigenvalue weighted by Gasteiger charge is 2.30. The quantitative estimate of drug-likeness (QED) is 0.861. The van der Waals surface area contributed by atoms with Crippen LogP contribution in [0, 0.1) is 0 Å². The molecule has 17 heavy (non-hydrogen) atoms. The Morgan fingerprint density at radius 2 is 1.94 bits per heavy atom. The predicted octanol–water partition coefficient (Wildman–Crippen LogP) is 2.67. The smallest absolute Gasteiger partial charge is 0.396 e. The summed E-state index contributed by atoms with van der Waals surface area (Å²) in [6.07, 6.45) is -3.10. The molecule has 0 amide bonds. The van der Waals surface area contributed by atoms with Crippen molar-refractivity contribution in [1.29, 1.82) is 0 Å².